The van der Waals surface area contributed by atoms with E-state index in [1.165, 1.54) is 7.11 Å². The lowest BCUT2D eigenvalue weighted by molar-refractivity contribution is 0.149. The quantitative estimate of drug-likeness (QED) is 0.763. The Balaban J connectivity index is 2.05. The Bertz CT molecular complexity index is 958. The maximum Gasteiger partial charge on any atom is 0.328 e. The third kappa shape index (κ3) is 2.76. The first-order valence-corrected chi connectivity index (χ1v) is 7.14. The molecule has 0 aliphatic carbocycles. The van der Waals surface area contributed by atoms with Crippen LogP contribution < -0.4 is 16.0 Å². The minimum absolute atomic E-state index is 0.153. The molecule has 0 unspecified atom stereocenters. The number of H-pyrrole nitrogens is 1. The Morgan fingerprint density at radius 3 is 2.61 bits per heavy atom. The normalized spacial score (nSPS) is 12.3. The van der Waals surface area contributed by atoms with Crippen molar-refractivity contribution in [3.63, 3.8) is 0 Å². The number of hydrogen-bond donors (Lipinski definition) is 2. The number of methoxy groups -OCH3 is 1. The van der Waals surface area contributed by atoms with Crippen molar-refractivity contribution in [3.05, 3.63) is 74.9 Å². The largest absolute Gasteiger partial charge is 0.496 e. The van der Waals surface area contributed by atoms with Gasteiger partial charge in [0.15, 0.2) is 0 Å². The third-order valence-electron chi connectivity index (χ3n) is 3.74. The van der Waals surface area contributed by atoms with Gasteiger partial charge < -0.3 is 14.8 Å². The highest BCUT2D eigenvalue weighted by atomic mass is 16.5. The predicted octanol–water partition coefficient (Wildman–Crippen LogP) is 1.43. The summed E-state index contributed by atoms with van der Waals surface area (Å²) in [5.41, 5.74) is 0.0148. The van der Waals surface area contributed by atoms with Gasteiger partial charge in [-0.3, -0.25) is 9.36 Å². The summed E-state index contributed by atoms with van der Waals surface area (Å²) in [7, 11) is 1.50. The monoisotopic (exact) mass is 312 g/mol. The van der Waals surface area contributed by atoms with Crippen LogP contribution in [0.25, 0.3) is 10.9 Å². The summed E-state index contributed by atoms with van der Waals surface area (Å²) >= 11 is 0. The zero-order chi connectivity index (χ0) is 16.4. The van der Waals surface area contributed by atoms with Crippen molar-refractivity contribution in [1.29, 1.82) is 0 Å². The van der Waals surface area contributed by atoms with Gasteiger partial charge in [-0.1, -0.05) is 30.3 Å². The summed E-state index contributed by atoms with van der Waals surface area (Å²) in [6, 6.07) is 13.7. The van der Waals surface area contributed by atoms with E-state index >= 15 is 0 Å². The fourth-order valence-corrected chi connectivity index (χ4v) is 2.58. The van der Waals surface area contributed by atoms with Gasteiger partial charge in [0, 0.05) is 5.56 Å². The lowest BCUT2D eigenvalue weighted by Gasteiger charge is -2.15. The van der Waals surface area contributed by atoms with E-state index < -0.39 is 17.4 Å². The van der Waals surface area contributed by atoms with E-state index in [4.69, 9.17) is 4.74 Å². The predicted molar refractivity (Wildman–Crippen MR) is 86.8 cm³/mol. The molecule has 1 heterocycles. The first-order valence-electron chi connectivity index (χ1n) is 7.14. The molecular formula is C17H16N2O4. The van der Waals surface area contributed by atoms with Crippen molar-refractivity contribution in [2.45, 2.75) is 12.6 Å². The van der Waals surface area contributed by atoms with Crippen molar-refractivity contribution in [3.8, 4) is 5.75 Å². The van der Waals surface area contributed by atoms with Crippen LogP contribution in [-0.2, 0) is 6.54 Å². The standard InChI is InChI=1S/C17H16N2O4/c1-23-15-9-5-3-7-12(15)14(20)10-19-16(21)11-6-2-4-8-13(11)18-17(19)22/h2-9,14,20H,10H2,1H3,(H,18,22)/t14-/m1/s1. The van der Waals surface area contributed by atoms with Gasteiger partial charge in [-0.05, 0) is 18.2 Å². The van der Waals surface area contributed by atoms with E-state index in [0.717, 1.165) is 4.57 Å². The zero-order valence-corrected chi connectivity index (χ0v) is 12.5. The minimum Gasteiger partial charge on any atom is -0.496 e. The molecule has 0 saturated carbocycles. The average Bonchev–Trinajstić information content (AvgIpc) is 2.58. The topological polar surface area (TPSA) is 84.3 Å². The van der Waals surface area contributed by atoms with Crippen LogP contribution in [0.15, 0.2) is 58.1 Å². The van der Waals surface area contributed by atoms with Crippen LogP contribution in [0.5, 0.6) is 5.75 Å². The molecule has 0 aliphatic heterocycles. The fourth-order valence-electron chi connectivity index (χ4n) is 2.58. The highest BCUT2D eigenvalue weighted by Crippen LogP contribution is 2.25. The van der Waals surface area contributed by atoms with Crippen molar-refractivity contribution < 1.29 is 9.84 Å². The SMILES string of the molecule is COc1ccccc1[C@H](O)Cn1c(=O)[nH]c2ccccc2c1=O. The smallest absolute Gasteiger partial charge is 0.328 e. The highest BCUT2D eigenvalue weighted by molar-refractivity contribution is 5.76. The molecule has 0 radical (unpaired) electrons. The summed E-state index contributed by atoms with van der Waals surface area (Å²) < 4.78 is 6.20. The van der Waals surface area contributed by atoms with Crippen molar-refractivity contribution >= 4 is 10.9 Å². The maximum atomic E-state index is 12.5. The first kappa shape index (κ1) is 15.1. The fraction of sp³-hybridized carbons (Fsp3) is 0.176. The molecule has 6 nitrogen and oxygen atoms in total. The van der Waals surface area contributed by atoms with Crippen LogP contribution in [0.3, 0.4) is 0 Å². The van der Waals surface area contributed by atoms with Gasteiger partial charge >= 0.3 is 5.69 Å². The van der Waals surface area contributed by atoms with Gasteiger partial charge in [0.25, 0.3) is 5.56 Å². The molecule has 2 aromatic carbocycles. The second-order valence-electron chi connectivity index (χ2n) is 5.15. The van der Waals surface area contributed by atoms with Crippen LogP contribution >= 0.6 is 0 Å². The number of nitrogens with zero attached hydrogens (tertiary/aromatic N) is 1. The molecular weight excluding hydrogens is 296 g/mol. The third-order valence-corrected chi connectivity index (χ3v) is 3.74. The molecule has 0 aliphatic rings. The van der Waals surface area contributed by atoms with Crippen molar-refractivity contribution in [1.82, 2.24) is 9.55 Å². The van der Waals surface area contributed by atoms with E-state index in [1.54, 1.807) is 48.5 Å². The lowest BCUT2D eigenvalue weighted by atomic mass is 10.1. The number of ether oxygens (including phenoxy) is 1. The zero-order valence-electron chi connectivity index (χ0n) is 12.5. The minimum atomic E-state index is -1.04. The number of aromatic amines is 1. The number of benzene rings is 2. The van der Waals surface area contributed by atoms with Gasteiger partial charge in [-0.25, -0.2) is 4.79 Å². The highest BCUT2D eigenvalue weighted by Gasteiger charge is 2.16. The number of hydrogen-bond acceptors (Lipinski definition) is 4. The number of aromatic nitrogens is 2. The van der Waals surface area contributed by atoms with E-state index in [9.17, 15) is 14.7 Å². The summed E-state index contributed by atoms with van der Waals surface area (Å²) in [4.78, 5) is 27.3. The van der Waals surface area contributed by atoms with Gasteiger partial charge in [-0.15, -0.1) is 0 Å². The second-order valence-corrected chi connectivity index (χ2v) is 5.15. The molecule has 6 heteroatoms. The van der Waals surface area contributed by atoms with Crippen LogP contribution in [0.2, 0.25) is 0 Å². The average molecular weight is 312 g/mol. The van der Waals surface area contributed by atoms with Crippen LogP contribution in [-0.4, -0.2) is 21.8 Å². The molecule has 3 aromatic rings. The Labute approximate surface area is 131 Å². The number of nitrogens with one attached hydrogen (secondary N) is 1. The number of aliphatic hydroxyl groups excluding tert-OH is 1. The first-order chi connectivity index (χ1) is 11.1. The molecule has 0 bridgehead atoms. The second kappa shape index (κ2) is 6.10. The molecule has 0 saturated heterocycles. The number of rotatable bonds is 4. The van der Waals surface area contributed by atoms with Gasteiger partial charge in [0.1, 0.15) is 11.9 Å². The summed E-state index contributed by atoms with van der Waals surface area (Å²) in [6.45, 7) is -0.153. The van der Waals surface area contributed by atoms with Crippen molar-refractivity contribution in [2.75, 3.05) is 7.11 Å². The van der Waals surface area contributed by atoms with Gasteiger partial charge in [-0.2, -0.15) is 0 Å². The van der Waals surface area contributed by atoms with Crippen LogP contribution in [0.4, 0.5) is 0 Å². The molecule has 0 amide bonds. The number of aliphatic hydroxyl groups is 1. The Morgan fingerprint density at radius 1 is 1.13 bits per heavy atom. The van der Waals surface area contributed by atoms with Crippen LogP contribution in [0.1, 0.15) is 11.7 Å². The molecule has 118 valence electrons. The summed E-state index contributed by atoms with van der Waals surface area (Å²) in [6.07, 6.45) is -1.04. The summed E-state index contributed by atoms with van der Waals surface area (Å²) in [5.74, 6) is 0.505. The molecule has 0 spiro atoms. The molecule has 1 atom stereocenters. The summed E-state index contributed by atoms with van der Waals surface area (Å²) in [5, 5.41) is 10.8. The molecule has 1 aromatic heterocycles. The van der Waals surface area contributed by atoms with Crippen LogP contribution in [0, 0.1) is 0 Å². The van der Waals surface area contributed by atoms with E-state index in [2.05, 4.69) is 4.98 Å². The molecule has 23 heavy (non-hydrogen) atoms. The van der Waals surface area contributed by atoms with E-state index in [1.807, 2.05) is 0 Å². The maximum absolute atomic E-state index is 12.5. The van der Waals surface area contributed by atoms with Gasteiger partial charge in [0.2, 0.25) is 0 Å². The molecule has 2 N–H and O–H groups in total. The lowest BCUT2D eigenvalue weighted by Crippen LogP contribution is -2.36. The number of fused-ring (bicyclic) bond motifs is 1. The Kier molecular flexibility index (Phi) is 3.99. The Morgan fingerprint density at radius 2 is 1.83 bits per heavy atom. The molecule has 3 rings (SSSR count). The molecule has 0 fully saturated rings. The Hall–Kier alpha value is -2.86. The van der Waals surface area contributed by atoms with E-state index in [-0.39, 0.29) is 6.54 Å². The van der Waals surface area contributed by atoms with Crippen molar-refractivity contribution in [2.24, 2.45) is 0 Å². The van der Waals surface area contributed by atoms with Gasteiger partial charge in [0.05, 0.1) is 24.6 Å². The van der Waals surface area contributed by atoms with E-state index in [0.29, 0.717) is 22.2 Å². The number of para-hydroxylation sites is 2.